The van der Waals surface area contributed by atoms with E-state index in [9.17, 15) is 9.59 Å². The average Bonchev–Trinajstić information content (AvgIpc) is 2.59. The zero-order valence-corrected chi connectivity index (χ0v) is 19.9. The minimum atomic E-state index is -0.597. The smallest absolute Gasteiger partial charge is 0.412 e. The lowest BCUT2D eigenvalue weighted by Crippen LogP contribution is -2.42. The summed E-state index contributed by atoms with van der Waals surface area (Å²) in [6.45, 7) is 9.37. The Hall–Kier alpha value is -2.74. The number of halogens is 1. The fourth-order valence-electron chi connectivity index (χ4n) is 3.37. The third-order valence-electron chi connectivity index (χ3n) is 4.50. The van der Waals surface area contributed by atoms with Crippen molar-refractivity contribution in [3.63, 3.8) is 0 Å². The Balaban J connectivity index is 1.78. The molecule has 0 aliphatic carbocycles. The first-order valence-corrected chi connectivity index (χ1v) is 10.9. The highest BCUT2D eigenvalue weighted by Gasteiger charge is 2.35. The molecule has 0 saturated carbocycles. The molecule has 0 spiro atoms. The van der Waals surface area contributed by atoms with Gasteiger partial charge in [-0.05, 0) is 71.0 Å². The lowest BCUT2D eigenvalue weighted by atomic mass is 9.89. The Morgan fingerprint density at radius 2 is 1.81 bits per heavy atom. The highest BCUT2D eigenvalue weighted by molar-refractivity contribution is 9.10. The van der Waals surface area contributed by atoms with Crippen molar-refractivity contribution in [1.29, 1.82) is 0 Å². The van der Waals surface area contributed by atoms with Gasteiger partial charge in [-0.25, -0.2) is 9.59 Å². The molecule has 0 bridgehead atoms. The Morgan fingerprint density at radius 1 is 1.10 bits per heavy atom. The van der Waals surface area contributed by atoms with Gasteiger partial charge in [0, 0.05) is 27.8 Å². The number of ether oxygens (including phenoxy) is 2. The predicted molar refractivity (Wildman–Crippen MR) is 125 cm³/mol. The van der Waals surface area contributed by atoms with Crippen LogP contribution in [-0.2, 0) is 4.74 Å². The quantitative estimate of drug-likeness (QED) is 0.477. The number of rotatable bonds is 3. The van der Waals surface area contributed by atoms with Crippen molar-refractivity contribution < 1.29 is 19.1 Å². The zero-order valence-electron chi connectivity index (χ0n) is 18.3. The van der Waals surface area contributed by atoms with Gasteiger partial charge in [-0.2, -0.15) is 0 Å². The van der Waals surface area contributed by atoms with Crippen LogP contribution in [0.1, 0.15) is 52.6 Å². The summed E-state index contributed by atoms with van der Waals surface area (Å²) in [5, 5.41) is 8.62. The highest BCUT2D eigenvalue weighted by Crippen LogP contribution is 2.40. The summed E-state index contributed by atoms with van der Waals surface area (Å²) in [5.41, 5.74) is 0.979. The van der Waals surface area contributed by atoms with Gasteiger partial charge in [-0.15, -0.1) is 0 Å². The van der Waals surface area contributed by atoms with Gasteiger partial charge in [-0.1, -0.05) is 22.0 Å². The summed E-state index contributed by atoms with van der Waals surface area (Å²) < 4.78 is 12.3. The molecule has 3 rings (SSSR count). The topological polar surface area (TPSA) is 88.7 Å². The zero-order chi connectivity index (χ0) is 22.8. The van der Waals surface area contributed by atoms with E-state index in [1.807, 2.05) is 38.1 Å². The Kier molecular flexibility index (Phi) is 6.50. The van der Waals surface area contributed by atoms with Gasteiger partial charge in [0.25, 0.3) is 0 Å². The molecule has 1 aliphatic heterocycles. The molecule has 3 amide bonds. The van der Waals surface area contributed by atoms with Crippen LogP contribution in [0.15, 0.2) is 46.9 Å². The predicted octanol–water partition coefficient (Wildman–Crippen LogP) is 6.22. The van der Waals surface area contributed by atoms with E-state index in [0.717, 1.165) is 10.0 Å². The first-order valence-electron chi connectivity index (χ1n) is 10.1. The van der Waals surface area contributed by atoms with E-state index in [-0.39, 0.29) is 12.1 Å². The SMILES string of the molecule is CC(C)(C)OC(=O)Nc1ccc2c(c1)[C@@H](NC(=O)Nc1cccc(Br)c1)CC(C)(C)O2. The second-order valence-electron chi connectivity index (χ2n) is 9.11. The molecule has 7 nitrogen and oxygen atoms in total. The summed E-state index contributed by atoms with van der Waals surface area (Å²) in [4.78, 5) is 24.8. The molecule has 0 fully saturated rings. The maximum atomic E-state index is 12.7. The minimum absolute atomic E-state index is 0.300. The number of carbonyl (C=O) groups is 2. The van der Waals surface area contributed by atoms with Crippen LogP contribution in [-0.4, -0.2) is 23.3 Å². The number of hydrogen-bond acceptors (Lipinski definition) is 4. The van der Waals surface area contributed by atoms with Crippen LogP contribution in [0.2, 0.25) is 0 Å². The minimum Gasteiger partial charge on any atom is -0.487 e. The van der Waals surface area contributed by atoms with Crippen LogP contribution < -0.4 is 20.7 Å². The molecular weight excluding hydrogens is 462 g/mol. The van der Waals surface area contributed by atoms with Crippen LogP contribution in [0.3, 0.4) is 0 Å². The average molecular weight is 490 g/mol. The lowest BCUT2D eigenvalue weighted by molar-refractivity contribution is 0.0631. The van der Waals surface area contributed by atoms with Crippen molar-refractivity contribution in [3.05, 3.63) is 52.5 Å². The van der Waals surface area contributed by atoms with Gasteiger partial charge in [0.05, 0.1) is 6.04 Å². The standard InChI is InChI=1S/C23H28BrN3O4/c1-22(2,3)31-21(29)26-16-9-10-19-17(12-16)18(13-23(4,5)30-19)27-20(28)25-15-8-6-7-14(24)11-15/h6-12,18H,13H2,1-5H3,(H,26,29)(H2,25,27,28)/t18-/m0/s1. The molecule has 1 atom stereocenters. The molecule has 2 aromatic rings. The van der Waals surface area contributed by atoms with Gasteiger partial charge < -0.3 is 20.1 Å². The monoisotopic (exact) mass is 489 g/mol. The second-order valence-corrected chi connectivity index (χ2v) is 10.0. The van der Waals surface area contributed by atoms with Gasteiger partial charge in [-0.3, -0.25) is 5.32 Å². The van der Waals surface area contributed by atoms with E-state index in [4.69, 9.17) is 9.47 Å². The normalized spacial score (nSPS) is 17.0. The first-order chi connectivity index (χ1) is 14.4. The van der Waals surface area contributed by atoms with Crippen molar-refractivity contribution in [2.75, 3.05) is 10.6 Å². The molecule has 8 heteroatoms. The Labute approximate surface area is 191 Å². The Bertz CT molecular complexity index is 985. The number of amides is 3. The lowest BCUT2D eigenvalue weighted by Gasteiger charge is -2.38. The van der Waals surface area contributed by atoms with Gasteiger partial charge >= 0.3 is 12.1 Å². The second kappa shape index (κ2) is 8.78. The summed E-state index contributed by atoms with van der Waals surface area (Å²) in [5.74, 6) is 0.666. The molecule has 166 valence electrons. The van der Waals surface area contributed by atoms with Crippen molar-refractivity contribution in [3.8, 4) is 5.75 Å². The molecule has 2 aromatic carbocycles. The van der Waals surface area contributed by atoms with E-state index in [1.54, 1.807) is 39.0 Å². The van der Waals surface area contributed by atoms with E-state index >= 15 is 0 Å². The molecule has 31 heavy (non-hydrogen) atoms. The molecule has 0 saturated heterocycles. The Morgan fingerprint density at radius 3 is 2.48 bits per heavy atom. The maximum Gasteiger partial charge on any atom is 0.412 e. The van der Waals surface area contributed by atoms with Crippen molar-refractivity contribution in [2.45, 2.75) is 58.3 Å². The number of fused-ring (bicyclic) bond motifs is 1. The number of nitrogens with one attached hydrogen (secondary N) is 3. The largest absolute Gasteiger partial charge is 0.487 e. The molecule has 0 radical (unpaired) electrons. The van der Waals surface area contributed by atoms with Crippen LogP contribution in [0.5, 0.6) is 5.75 Å². The van der Waals surface area contributed by atoms with Crippen LogP contribution in [0, 0.1) is 0 Å². The van der Waals surface area contributed by atoms with Gasteiger partial charge in [0.1, 0.15) is 17.0 Å². The number of urea groups is 1. The van der Waals surface area contributed by atoms with Crippen molar-refractivity contribution in [1.82, 2.24) is 5.32 Å². The number of benzene rings is 2. The molecule has 3 N–H and O–H groups in total. The number of anilines is 2. The van der Waals surface area contributed by atoms with E-state index in [0.29, 0.717) is 23.5 Å². The van der Waals surface area contributed by atoms with Crippen LogP contribution in [0.4, 0.5) is 21.0 Å². The van der Waals surface area contributed by atoms with Gasteiger partial charge in [0.2, 0.25) is 0 Å². The molecule has 0 unspecified atom stereocenters. The third kappa shape index (κ3) is 6.62. The fraction of sp³-hybridized carbons (Fsp3) is 0.391. The van der Waals surface area contributed by atoms with Crippen molar-refractivity contribution >= 4 is 39.4 Å². The summed E-state index contributed by atoms with van der Waals surface area (Å²) in [6.07, 6.45) is 0.0309. The third-order valence-corrected chi connectivity index (χ3v) is 4.99. The van der Waals surface area contributed by atoms with Crippen LogP contribution in [0.25, 0.3) is 0 Å². The van der Waals surface area contributed by atoms with E-state index in [1.165, 1.54) is 0 Å². The fourth-order valence-corrected chi connectivity index (χ4v) is 3.77. The van der Waals surface area contributed by atoms with Crippen LogP contribution >= 0.6 is 15.9 Å². The molecular formula is C23H28BrN3O4. The number of hydrogen-bond donors (Lipinski definition) is 3. The molecule has 1 aliphatic rings. The molecule has 0 aromatic heterocycles. The summed E-state index contributed by atoms with van der Waals surface area (Å²) >= 11 is 3.40. The maximum absolute atomic E-state index is 12.7. The highest BCUT2D eigenvalue weighted by atomic mass is 79.9. The first kappa shape index (κ1) is 22.9. The van der Waals surface area contributed by atoms with Crippen molar-refractivity contribution in [2.24, 2.45) is 0 Å². The molecule has 1 heterocycles. The van der Waals surface area contributed by atoms with Gasteiger partial charge in [0.15, 0.2) is 0 Å². The van der Waals surface area contributed by atoms with E-state index < -0.39 is 17.3 Å². The number of carbonyl (C=O) groups excluding carboxylic acids is 2. The summed E-state index contributed by atoms with van der Waals surface area (Å²) in [6, 6.07) is 12.1. The summed E-state index contributed by atoms with van der Waals surface area (Å²) in [7, 11) is 0. The van der Waals surface area contributed by atoms with E-state index in [2.05, 4.69) is 31.9 Å².